The van der Waals surface area contributed by atoms with Crippen molar-refractivity contribution in [3.63, 3.8) is 0 Å². The molecule has 0 bridgehead atoms. The van der Waals surface area contributed by atoms with Crippen LogP contribution in [0.2, 0.25) is 0 Å². The number of imidazole rings is 1. The van der Waals surface area contributed by atoms with Crippen molar-refractivity contribution < 1.29 is 47.6 Å². The molecule has 2 aromatic heterocycles. The summed E-state index contributed by atoms with van der Waals surface area (Å²) in [5.74, 6) is -0.233. The third kappa shape index (κ3) is 4.31. The number of anilines is 1. The number of aliphatic hydroxyl groups excluding tert-OH is 2. The van der Waals surface area contributed by atoms with Crippen molar-refractivity contribution >= 4 is 32.8 Å². The molecule has 18 heteroatoms. The van der Waals surface area contributed by atoms with E-state index in [9.17, 15) is 29.0 Å². The maximum atomic E-state index is 11.8. The predicted molar refractivity (Wildman–Crippen MR) is 87.4 cm³/mol. The minimum atomic E-state index is -5.32. The van der Waals surface area contributed by atoms with Gasteiger partial charge in [0.2, 0.25) is 5.95 Å². The lowest BCUT2D eigenvalue weighted by Crippen LogP contribution is -2.33. The zero-order chi connectivity index (χ0) is 20.9. The number of nitrogens with zero attached hydrogens (tertiary/aromatic N) is 3. The van der Waals surface area contributed by atoms with Gasteiger partial charge in [-0.25, -0.2) is 14.1 Å². The molecule has 28 heavy (non-hydrogen) atoms. The molecule has 1 fully saturated rings. The van der Waals surface area contributed by atoms with Crippen molar-refractivity contribution in [1.82, 2.24) is 19.5 Å². The molecule has 156 valence electrons. The van der Waals surface area contributed by atoms with Gasteiger partial charge in [0.25, 0.3) is 5.56 Å². The highest BCUT2D eigenvalue weighted by Gasteiger charge is 2.46. The van der Waals surface area contributed by atoms with Gasteiger partial charge < -0.3 is 35.4 Å². The number of phosphoric ester groups is 1. The Labute approximate surface area is 154 Å². The van der Waals surface area contributed by atoms with Crippen LogP contribution in [0.1, 0.15) is 6.23 Å². The van der Waals surface area contributed by atoms with Gasteiger partial charge in [0, 0.05) is 0 Å². The topological polar surface area (TPSA) is 253 Å². The second-order valence-corrected chi connectivity index (χ2v) is 8.49. The number of hydrogen-bond donors (Lipinski definition) is 7. The van der Waals surface area contributed by atoms with Crippen LogP contribution in [0.15, 0.2) is 11.1 Å². The van der Waals surface area contributed by atoms with Crippen LogP contribution in [-0.4, -0.2) is 69.3 Å². The van der Waals surface area contributed by atoms with Gasteiger partial charge in [0.1, 0.15) is 18.3 Å². The van der Waals surface area contributed by atoms with E-state index >= 15 is 0 Å². The summed E-state index contributed by atoms with van der Waals surface area (Å²) in [5.41, 5.74) is 4.65. The van der Waals surface area contributed by atoms with Crippen LogP contribution >= 0.6 is 15.6 Å². The summed E-state index contributed by atoms with van der Waals surface area (Å²) in [6, 6.07) is 0. The van der Waals surface area contributed by atoms with Gasteiger partial charge in [-0.15, -0.1) is 0 Å². The lowest BCUT2D eigenvalue weighted by molar-refractivity contribution is -0.0503. The highest BCUT2D eigenvalue weighted by Crippen LogP contribution is 2.57. The summed E-state index contributed by atoms with van der Waals surface area (Å²) < 4.78 is 36.6. The number of aromatic nitrogens is 4. The van der Waals surface area contributed by atoms with Gasteiger partial charge in [0.05, 0.1) is 12.9 Å². The van der Waals surface area contributed by atoms with E-state index in [1.54, 1.807) is 0 Å². The number of aliphatic hydroxyl groups is 2. The van der Waals surface area contributed by atoms with E-state index in [-0.39, 0.29) is 17.1 Å². The summed E-state index contributed by atoms with van der Waals surface area (Å²) in [6.07, 6.45) is -4.88. The minimum absolute atomic E-state index is 0.0586. The Bertz CT molecular complexity index is 1030. The summed E-state index contributed by atoms with van der Waals surface area (Å²) in [5, 5.41) is 20.3. The number of rotatable bonds is 6. The first-order chi connectivity index (χ1) is 12.9. The molecule has 0 amide bonds. The Hall–Kier alpha value is -1.71. The molecule has 0 aliphatic carbocycles. The molecular formula is C10H15N5O11P2. The van der Waals surface area contributed by atoms with Gasteiger partial charge in [-0.1, -0.05) is 0 Å². The van der Waals surface area contributed by atoms with E-state index in [0.29, 0.717) is 0 Å². The van der Waals surface area contributed by atoms with Crippen LogP contribution in [-0.2, 0) is 22.7 Å². The van der Waals surface area contributed by atoms with E-state index in [0.717, 1.165) is 10.9 Å². The van der Waals surface area contributed by atoms with E-state index < -0.39 is 52.4 Å². The Kier molecular flexibility index (Phi) is 5.46. The molecule has 1 aliphatic heterocycles. The van der Waals surface area contributed by atoms with Gasteiger partial charge in [0.15, 0.2) is 17.4 Å². The smallest absolute Gasteiger partial charge is 0.387 e. The molecule has 3 rings (SSSR count). The number of nitrogens with one attached hydrogen (secondary N) is 1. The number of phosphoric acid groups is 2. The van der Waals surface area contributed by atoms with Crippen molar-refractivity contribution in [1.29, 1.82) is 0 Å². The Morgan fingerprint density at radius 1 is 1.29 bits per heavy atom. The van der Waals surface area contributed by atoms with Crippen molar-refractivity contribution in [3.8, 4) is 0 Å². The number of aromatic amines is 1. The number of H-pyrrole nitrogens is 1. The number of nitrogen functional groups attached to an aromatic ring is 1. The highest BCUT2D eigenvalue weighted by atomic mass is 31.3. The molecule has 0 aromatic carbocycles. The molecule has 0 radical (unpaired) electrons. The fourth-order valence-corrected chi connectivity index (χ4v) is 4.15. The maximum absolute atomic E-state index is 11.8. The molecule has 3 heterocycles. The van der Waals surface area contributed by atoms with Gasteiger partial charge in [-0.2, -0.15) is 9.29 Å². The van der Waals surface area contributed by atoms with E-state index in [1.165, 1.54) is 0 Å². The maximum Gasteiger partial charge on any atom is 0.481 e. The minimum Gasteiger partial charge on any atom is -0.387 e. The Morgan fingerprint density at radius 3 is 2.61 bits per heavy atom. The predicted octanol–water partition coefficient (Wildman–Crippen LogP) is -2.45. The quantitative estimate of drug-likeness (QED) is 0.229. The van der Waals surface area contributed by atoms with Gasteiger partial charge in [-0.3, -0.25) is 18.9 Å². The van der Waals surface area contributed by atoms with Crippen LogP contribution in [0, 0.1) is 0 Å². The molecule has 0 saturated carbocycles. The molecule has 8 N–H and O–H groups in total. The lowest BCUT2D eigenvalue weighted by Gasteiger charge is -2.17. The molecule has 5 atom stereocenters. The fourth-order valence-electron chi connectivity index (χ4n) is 2.55. The molecular weight excluding hydrogens is 428 g/mol. The summed E-state index contributed by atoms with van der Waals surface area (Å²) in [6.45, 7) is -0.870. The first-order valence-electron chi connectivity index (χ1n) is 7.36. The highest BCUT2D eigenvalue weighted by molar-refractivity contribution is 7.60. The number of ether oxygens (including phenoxy) is 1. The third-order valence-corrected chi connectivity index (χ3v) is 5.83. The fraction of sp³-hybridized carbons (Fsp3) is 0.500. The SMILES string of the molecule is Nc1nc2c(ncn2[C@@H]2O[C@H](COP(=O)(O)OP(=O)(O)O)C(O)[C@@H]2O)c(=O)[nH]1. The number of hydrogen-bond acceptors (Lipinski definition) is 11. The second-order valence-electron chi connectivity index (χ2n) is 5.66. The average molecular weight is 443 g/mol. The van der Waals surface area contributed by atoms with E-state index in [2.05, 4.69) is 23.8 Å². The number of fused-ring (bicyclic) bond motifs is 1. The zero-order valence-electron chi connectivity index (χ0n) is 13.6. The van der Waals surface area contributed by atoms with Crippen LogP contribution in [0.4, 0.5) is 5.95 Å². The summed E-state index contributed by atoms with van der Waals surface area (Å²) in [4.78, 5) is 48.1. The zero-order valence-corrected chi connectivity index (χ0v) is 15.4. The van der Waals surface area contributed by atoms with Crippen LogP contribution < -0.4 is 11.3 Å². The van der Waals surface area contributed by atoms with Crippen molar-refractivity contribution in [2.75, 3.05) is 12.3 Å². The summed E-state index contributed by atoms with van der Waals surface area (Å²) in [7, 11) is -10.5. The molecule has 2 aromatic rings. The molecule has 1 aliphatic rings. The van der Waals surface area contributed by atoms with Crippen LogP contribution in [0.3, 0.4) is 0 Å². The van der Waals surface area contributed by atoms with E-state index in [1.807, 2.05) is 0 Å². The largest absolute Gasteiger partial charge is 0.481 e. The van der Waals surface area contributed by atoms with Crippen molar-refractivity contribution in [2.45, 2.75) is 24.5 Å². The Balaban J connectivity index is 1.79. The first kappa shape index (κ1) is 21.0. The third-order valence-electron chi connectivity index (χ3n) is 3.67. The van der Waals surface area contributed by atoms with Crippen molar-refractivity contribution in [3.05, 3.63) is 16.7 Å². The van der Waals surface area contributed by atoms with E-state index in [4.69, 9.17) is 20.3 Å². The lowest BCUT2D eigenvalue weighted by atomic mass is 10.1. The first-order valence-corrected chi connectivity index (χ1v) is 10.4. The average Bonchev–Trinajstić information content (AvgIpc) is 3.06. The molecule has 16 nitrogen and oxygen atoms in total. The monoisotopic (exact) mass is 443 g/mol. The van der Waals surface area contributed by atoms with Crippen LogP contribution in [0.25, 0.3) is 11.2 Å². The van der Waals surface area contributed by atoms with Gasteiger partial charge in [-0.05, 0) is 0 Å². The molecule has 0 spiro atoms. The molecule has 2 unspecified atom stereocenters. The number of nitrogens with two attached hydrogens (primary N) is 1. The molecule has 1 saturated heterocycles. The van der Waals surface area contributed by atoms with Gasteiger partial charge >= 0.3 is 15.6 Å². The summed E-state index contributed by atoms with van der Waals surface area (Å²) >= 11 is 0. The van der Waals surface area contributed by atoms with Crippen LogP contribution in [0.5, 0.6) is 0 Å². The second kappa shape index (κ2) is 7.27. The Morgan fingerprint density at radius 2 is 1.96 bits per heavy atom. The normalized spacial score (nSPS) is 27.9. The van der Waals surface area contributed by atoms with Crippen molar-refractivity contribution in [2.24, 2.45) is 0 Å². The standard InChI is InChI=1S/C10H15N5O11P2/c11-10-13-7-4(8(18)14-10)12-2-15(7)9-6(17)5(16)3(25-9)1-24-28(22,23)26-27(19,20)21/h2-3,5-6,9,16-17H,1H2,(H,22,23)(H2,19,20,21)(H3,11,13,14,18)/t3-,5?,6+,9-/m1/s1.